The number of piperidine rings is 1. The van der Waals surface area contributed by atoms with Crippen molar-refractivity contribution in [3.05, 3.63) is 69.2 Å². The van der Waals surface area contributed by atoms with Gasteiger partial charge in [-0.3, -0.25) is 0 Å². The molecule has 1 unspecified atom stereocenters. The van der Waals surface area contributed by atoms with Crippen LogP contribution in [0.2, 0.25) is 0 Å². The molecule has 1 fully saturated rings. The summed E-state index contributed by atoms with van der Waals surface area (Å²) >= 11 is 1.47. The Bertz CT molecular complexity index is 1190. The van der Waals surface area contributed by atoms with Crippen LogP contribution in [0.5, 0.6) is 0 Å². The Morgan fingerprint density at radius 2 is 1.94 bits per heavy atom. The average Bonchev–Trinajstić information content (AvgIpc) is 3.38. The van der Waals surface area contributed by atoms with E-state index in [1.165, 1.54) is 38.7 Å². The van der Waals surface area contributed by atoms with E-state index < -0.39 is 10.2 Å². The number of hydrogen-bond acceptors (Lipinski definition) is 5. The highest BCUT2D eigenvalue weighted by Crippen LogP contribution is 2.29. The fourth-order valence-electron chi connectivity index (χ4n) is 3.86. The fourth-order valence-corrected chi connectivity index (χ4v) is 5.78. The molecule has 0 N–H and O–H groups in total. The first kappa shape index (κ1) is 21.9. The van der Waals surface area contributed by atoms with E-state index in [0.717, 1.165) is 29.0 Å². The van der Waals surface area contributed by atoms with Crippen LogP contribution in [0.3, 0.4) is 0 Å². The summed E-state index contributed by atoms with van der Waals surface area (Å²) in [5, 5.41) is 7.42. The van der Waals surface area contributed by atoms with Gasteiger partial charge in [0.1, 0.15) is 10.8 Å². The van der Waals surface area contributed by atoms with E-state index in [1.54, 1.807) is 4.57 Å². The van der Waals surface area contributed by atoms with Crippen molar-refractivity contribution in [1.29, 1.82) is 0 Å². The normalized spacial score (nSPS) is 18.0. The minimum Gasteiger partial charge on any atom is -0.246 e. The third-order valence-corrected chi connectivity index (χ3v) is 8.34. The second kappa shape index (κ2) is 8.70. The van der Waals surface area contributed by atoms with Crippen molar-refractivity contribution in [2.24, 2.45) is 0 Å². The van der Waals surface area contributed by atoms with E-state index in [9.17, 15) is 13.2 Å². The Labute approximate surface area is 186 Å². The number of thiophene rings is 1. The molecular formula is C21H27N5O3S2. The van der Waals surface area contributed by atoms with Gasteiger partial charge < -0.3 is 0 Å². The first-order valence-corrected chi connectivity index (χ1v) is 12.5. The summed E-state index contributed by atoms with van der Waals surface area (Å²) in [6.45, 7) is 3.18. The summed E-state index contributed by atoms with van der Waals surface area (Å²) in [7, 11) is -0.439. The number of hydrogen-bond donors (Lipinski definition) is 0. The van der Waals surface area contributed by atoms with Gasteiger partial charge in [0.15, 0.2) is 0 Å². The summed E-state index contributed by atoms with van der Waals surface area (Å²) in [5.74, 6) is 0.468. The van der Waals surface area contributed by atoms with Crippen LogP contribution >= 0.6 is 11.3 Å². The molecule has 0 radical (unpaired) electrons. The standard InChI is InChI=1S/C21H27N5O3S2/c1-16-8-10-17(11-9-16)14-25-21(27)26(19-7-5-13-30-19)20(22-25)18-6-4-12-24(15-18)31(28,29)23(2)3/h5,7-11,13,18H,4,6,12,14-15H2,1-3H3. The predicted molar refractivity (Wildman–Crippen MR) is 122 cm³/mol. The molecule has 1 atom stereocenters. The molecule has 2 aromatic heterocycles. The Morgan fingerprint density at radius 3 is 2.58 bits per heavy atom. The second-order valence-electron chi connectivity index (χ2n) is 8.06. The van der Waals surface area contributed by atoms with Crippen LogP contribution in [0.4, 0.5) is 0 Å². The molecule has 1 aromatic carbocycles. The van der Waals surface area contributed by atoms with Crippen LogP contribution in [0, 0.1) is 6.92 Å². The maximum atomic E-state index is 13.3. The summed E-state index contributed by atoms with van der Waals surface area (Å²) < 4.78 is 31.2. The van der Waals surface area contributed by atoms with Crippen LogP contribution in [0.25, 0.3) is 5.00 Å². The largest absolute Gasteiger partial charge is 0.351 e. The van der Waals surface area contributed by atoms with Gasteiger partial charge in [0.05, 0.1) is 6.54 Å². The number of aryl methyl sites for hydroxylation is 1. The molecule has 1 saturated heterocycles. The van der Waals surface area contributed by atoms with Gasteiger partial charge >= 0.3 is 5.69 Å². The van der Waals surface area contributed by atoms with Crippen LogP contribution in [0.15, 0.2) is 46.6 Å². The monoisotopic (exact) mass is 461 g/mol. The van der Waals surface area contributed by atoms with Gasteiger partial charge in [-0.05, 0) is 42.8 Å². The highest BCUT2D eigenvalue weighted by atomic mass is 32.2. The average molecular weight is 462 g/mol. The Hall–Kier alpha value is -2.27. The van der Waals surface area contributed by atoms with Crippen LogP contribution in [-0.4, -0.2) is 58.6 Å². The Kier molecular flexibility index (Phi) is 6.16. The molecule has 0 spiro atoms. The summed E-state index contributed by atoms with van der Waals surface area (Å²) in [4.78, 5) is 13.3. The van der Waals surface area contributed by atoms with E-state index in [4.69, 9.17) is 5.10 Å². The highest BCUT2D eigenvalue weighted by molar-refractivity contribution is 7.86. The summed E-state index contributed by atoms with van der Waals surface area (Å²) in [6.07, 6.45) is 1.51. The van der Waals surface area contributed by atoms with Gasteiger partial charge in [0, 0.05) is 33.1 Å². The van der Waals surface area contributed by atoms with Crippen molar-refractivity contribution in [3.8, 4) is 5.00 Å². The molecule has 3 heterocycles. The number of benzene rings is 1. The van der Waals surface area contributed by atoms with Crippen molar-refractivity contribution in [2.45, 2.75) is 32.2 Å². The van der Waals surface area contributed by atoms with Gasteiger partial charge in [0.2, 0.25) is 0 Å². The maximum absolute atomic E-state index is 13.3. The third-order valence-electron chi connectivity index (χ3n) is 5.58. The number of aromatic nitrogens is 3. The second-order valence-corrected chi connectivity index (χ2v) is 11.1. The highest BCUT2D eigenvalue weighted by Gasteiger charge is 2.34. The lowest BCUT2D eigenvalue weighted by atomic mass is 9.99. The van der Waals surface area contributed by atoms with Crippen molar-refractivity contribution in [2.75, 3.05) is 27.2 Å². The van der Waals surface area contributed by atoms with Gasteiger partial charge in [0.25, 0.3) is 10.2 Å². The van der Waals surface area contributed by atoms with E-state index in [0.29, 0.717) is 25.5 Å². The summed E-state index contributed by atoms with van der Waals surface area (Å²) in [6, 6.07) is 11.8. The number of nitrogens with zero attached hydrogens (tertiary/aromatic N) is 5. The van der Waals surface area contributed by atoms with E-state index in [1.807, 2.05) is 48.7 Å². The minimum absolute atomic E-state index is 0.155. The smallest absolute Gasteiger partial charge is 0.246 e. The van der Waals surface area contributed by atoms with E-state index >= 15 is 0 Å². The van der Waals surface area contributed by atoms with Crippen molar-refractivity contribution in [1.82, 2.24) is 23.0 Å². The van der Waals surface area contributed by atoms with Crippen LogP contribution < -0.4 is 5.69 Å². The van der Waals surface area contributed by atoms with Gasteiger partial charge in [-0.25, -0.2) is 14.0 Å². The fraction of sp³-hybridized carbons (Fsp3) is 0.429. The lowest BCUT2D eigenvalue weighted by Gasteiger charge is -2.32. The first-order chi connectivity index (χ1) is 14.8. The third kappa shape index (κ3) is 4.38. The summed E-state index contributed by atoms with van der Waals surface area (Å²) in [5.41, 5.74) is 1.95. The molecule has 0 amide bonds. The van der Waals surface area contributed by atoms with Crippen molar-refractivity contribution < 1.29 is 8.42 Å². The van der Waals surface area contributed by atoms with Gasteiger partial charge in [-0.1, -0.05) is 29.8 Å². The Balaban J connectivity index is 1.72. The molecule has 8 nitrogen and oxygen atoms in total. The maximum Gasteiger partial charge on any atom is 0.351 e. The van der Waals surface area contributed by atoms with E-state index in [2.05, 4.69) is 0 Å². The Morgan fingerprint density at radius 1 is 1.19 bits per heavy atom. The molecule has 166 valence electrons. The van der Waals surface area contributed by atoms with Crippen LogP contribution in [0.1, 0.15) is 35.7 Å². The van der Waals surface area contributed by atoms with Crippen molar-refractivity contribution >= 4 is 21.5 Å². The quantitative estimate of drug-likeness (QED) is 0.565. The zero-order valence-electron chi connectivity index (χ0n) is 17.9. The molecular weight excluding hydrogens is 434 g/mol. The molecule has 10 heteroatoms. The van der Waals surface area contributed by atoms with Crippen molar-refractivity contribution in [3.63, 3.8) is 0 Å². The lowest BCUT2D eigenvalue weighted by Crippen LogP contribution is -2.45. The minimum atomic E-state index is -3.52. The molecule has 1 aliphatic rings. The molecule has 4 rings (SSSR count). The van der Waals surface area contributed by atoms with E-state index in [-0.39, 0.29) is 11.6 Å². The molecule has 31 heavy (non-hydrogen) atoms. The molecule has 3 aromatic rings. The molecule has 0 saturated carbocycles. The van der Waals surface area contributed by atoms with Gasteiger partial charge in [-0.15, -0.1) is 11.3 Å². The predicted octanol–water partition coefficient (Wildman–Crippen LogP) is 2.44. The number of rotatable bonds is 6. The van der Waals surface area contributed by atoms with Gasteiger partial charge in [-0.2, -0.15) is 22.1 Å². The molecule has 0 bridgehead atoms. The zero-order valence-corrected chi connectivity index (χ0v) is 19.6. The molecule has 1 aliphatic heterocycles. The SMILES string of the molecule is Cc1ccc(Cn2nc(C3CCCN(S(=O)(=O)N(C)C)C3)n(-c3cccs3)c2=O)cc1. The molecule has 0 aliphatic carbocycles. The topological polar surface area (TPSA) is 80.4 Å². The van der Waals surface area contributed by atoms with Crippen LogP contribution in [-0.2, 0) is 16.8 Å². The lowest BCUT2D eigenvalue weighted by molar-refractivity contribution is 0.291. The zero-order chi connectivity index (χ0) is 22.2. The first-order valence-electron chi connectivity index (χ1n) is 10.2.